The molecule has 20 nitrogen and oxygen atoms in total. The van der Waals surface area contributed by atoms with Crippen LogP contribution in [0.2, 0.25) is 0 Å². The number of rotatable bonds is 15. The quantitative estimate of drug-likeness (QED) is 0.0742. The molecule has 14 N–H and O–H groups in total. The molecule has 0 aromatic rings. The summed E-state index contributed by atoms with van der Waals surface area (Å²) in [5.74, 6) is -5.93. The fourth-order valence-corrected chi connectivity index (χ4v) is 4.69. The third-order valence-corrected chi connectivity index (χ3v) is 7.09. The summed E-state index contributed by atoms with van der Waals surface area (Å²) in [6.07, 6.45) is -26.6. The van der Waals surface area contributed by atoms with E-state index in [-0.39, 0.29) is 0 Å². The van der Waals surface area contributed by atoms with Gasteiger partial charge in [0.25, 0.3) is 5.79 Å². The van der Waals surface area contributed by atoms with E-state index in [1.54, 1.807) is 0 Å². The molecule has 2 heterocycles. The highest BCUT2D eigenvalue weighted by molar-refractivity contribution is 5.76. The number of hydrogen-bond acceptors (Lipinski definition) is 19. The van der Waals surface area contributed by atoms with Crippen molar-refractivity contribution in [1.82, 2.24) is 0 Å². The van der Waals surface area contributed by atoms with Crippen LogP contribution in [-0.2, 0) is 33.3 Å². The molecule has 2 rings (SSSR count). The Morgan fingerprint density at radius 1 is 0.953 bits per heavy atom. The van der Waals surface area contributed by atoms with Gasteiger partial charge in [0.05, 0.1) is 38.9 Å². The second kappa shape index (κ2) is 16.0. The summed E-state index contributed by atoms with van der Waals surface area (Å²) in [6.45, 7) is -3.17. The van der Waals surface area contributed by atoms with Crippen LogP contribution in [0, 0.1) is 0 Å². The number of hydrogen-bond donors (Lipinski definition) is 13. The summed E-state index contributed by atoms with van der Waals surface area (Å²) >= 11 is 0. The van der Waals surface area contributed by atoms with Crippen LogP contribution >= 0.6 is 0 Å². The summed E-state index contributed by atoms with van der Waals surface area (Å²) in [7, 11) is 0. The molecule has 0 bridgehead atoms. The van der Waals surface area contributed by atoms with E-state index in [0.717, 1.165) is 6.92 Å². The molecule has 20 heteroatoms. The third-order valence-electron chi connectivity index (χ3n) is 7.09. The van der Waals surface area contributed by atoms with Crippen LogP contribution in [0.15, 0.2) is 0 Å². The molecule has 0 unspecified atom stereocenters. The Bertz CT molecular complexity index is 899. The van der Waals surface area contributed by atoms with Gasteiger partial charge in [-0.1, -0.05) is 0 Å². The fourth-order valence-electron chi connectivity index (χ4n) is 4.69. The third kappa shape index (κ3) is 8.52. The average Bonchev–Trinajstić information content (AvgIpc) is 2.97. The maximum atomic E-state index is 12.6. The predicted octanol–water partition coefficient (Wildman–Crippen LogP) is -8.19. The maximum Gasteiger partial charge on any atom is 0.364 e. The first-order valence-electron chi connectivity index (χ1n) is 13.1. The first kappa shape index (κ1) is 37.5. The average molecular weight is 636 g/mol. The number of carbonyl (C=O) groups is 2. The Labute approximate surface area is 244 Å². The van der Waals surface area contributed by atoms with Gasteiger partial charge in [-0.25, -0.2) is 4.79 Å². The van der Waals surface area contributed by atoms with Crippen molar-refractivity contribution < 1.29 is 94.6 Å². The molecule has 15 atom stereocenters. The molecule has 0 aromatic carbocycles. The molecule has 0 aromatic heterocycles. The van der Waals surface area contributed by atoms with Crippen molar-refractivity contribution in [2.75, 3.05) is 26.4 Å². The zero-order valence-electron chi connectivity index (χ0n) is 22.9. The Morgan fingerprint density at radius 2 is 1.53 bits per heavy atom. The standard InChI is InChI=1S/C23H41NO19/c1-7(29)39-11-2-23(22(37)38,42-19(13(11)24)15(34)9(31)4-26)43-20-16(35)12(6-28)40-21(17(20)36)41-18(10(32)5-27)14(33)8(30)3-25/h8-21,25-28,30-36H,2-6,24H2,1H3,(H,37,38)/t8-,9+,10+,11-,12+,13+,14+,15+,16-,17+,18+,19+,20-,21-,23-/m0/s1. The number of aliphatic carboxylic acids is 1. The van der Waals surface area contributed by atoms with E-state index in [2.05, 4.69) is 0 Å². The van der Waals surface area contributed by atoms with Crippen LogP contribution in [0.3, 0.4) is 0 Å². The molecule has 2 aliphatic heterocycles. The molecule has 0 spiro atoms. The molecular formula is C23H41NO19. The molecule has 252 valence electrons. The van der Waals surface area contributed by atoms with Crippen molar-refractivity contribution in [3.63, 3.8) is 0 Å². The van der Waals surface area contributed by atoms with Gasteiger partial charge in [0.2, 0.25) is 0 Å². The molecule has 43 heavy (non-hydrogen) atoms. The summed E-state index contributed by atoms with van der Waals surface area (Å²) in [6, 6.07) is -1.50. The number of esters is 1. The van der Waals surface area contributed by atoms with E-state index >= 15 is 0 Å². The van der Waals surface area contributed by atoms with E-state index in [9.17, 15) is 65.8 Å². The van der Waals surface area contributed by atoms with Gasteiger partial charge in [-0.05, 0) is 0 Å². The SMILES string of the molecule is CC(=O)O[C@H]1C[C@](O[C@H]2[C@@H](O)[C@@H](CO)O[C@@H](O[C@@H]([C@H](O)[C@@H](O)CO)[C@H](O)CO)[C@@H]2O)(C(=O)O)O[C@@H]([C@H](O)[C@H](O)CO)[C@@H]1N. The number of carboxylic acids is 1. The zero-order chi connectivity index (χ0) is 32.8. The Balaban J connectivity index is 2.51. The summed E-state index contributed by atoms with van der Waals surface area (Å²) in [4.78, 5) is 24.3. The zero-order valence-corrected chi connectivity index (χ0v) is 22.9. The molecule has 0 saturated carbocycles. The van der Waals surface area contributed by atoms with Crippen molar-refractivity contribution in [2.24, 2.45) is 5.73 Å². The lowest BCUT2D eigenvalue weighted by Crippen LogP contribution is -2.70. The lowest BCUT2D eigenvalue weighted by molar-refractivity contribution is -0.376. The van der Waals surface area contributed by atoms with Crippen LogP contribution in [0.1, 0.15) is 13.3 Å². The molecule has 2 saturated heterocycles. The Morgan fingerprint density at radius 3 is 2.02 bits per heavy atom. The second-order valence-electron chi connectivity index (χ2n) is 10.2. The lowest BCUT2D eigenvalue weighted by Gasteiger charge is -2.50. The molecule has 0 aliphatic carbocycles. The van der Waals surface area contributed by atoms with Gasteiger partial charge < -0.3 is 90.7 Å². The van der Waals surface area contributed by atoms with E-state index < -0.39 is 136 Å². The number of nitrogens with two attached hydrogens (primary N) is 1. The van der Waals surface area contributed by atoms with E-state index in [0.29, 0.717) is 0 Å². The van der Waals surface area contributed by atoms with Gasteiger partial charge in [-0.15, -0.1) is 0 Å². The smallest absolute Gasteiger partial charge is 0.364 e. The van der Waals surface area contributed by atoms with Crippen molar-refractivity contribution >= 4 is 11.9 Å². The van der Waals surface area contributed by atoms with Gasteiger partial charge in [-0.3, -0.25) is 4.79 Å². The number of carboxylic acid groups (broad SMARTS) is 1. The molecule has 2 fully saturated rings. The van der Waals surface area contributed by atoms with Gasteiger partial charge in [0, 0.05) is 6.92 Å². The summed E-state index contributed by atoms with van der Waals surface area (Å²) in [5.41, 5.74) is 6.02. The van der Waals surface area contributed by atoms with E-state index in [1.807, 2.05) is 0 Å². The largest absolute Gasteiger partial charge is 0.477 e. The minimum atomic E-state index is -3.01. The summed E-state index contributed by atoms with van der Waals surface area (Å²) in [5, 5.41) is 120. The van der Waals surface area contributed by atoms with Crippen molar-refractivity contribution in [2.45, 2.75) is 105 Å². The molecule has 0 radical (unpaired) electrons. The van der Waals surface area contributed by atoms with E-state index in [1.165, 1.54) is 0 Å². The molecule has 2 aliphatic rings. The fraction of sp³-hybridized carbons (Fsp3) is 0.913. The first-order chi connectivity index (χ1) is 20.1. The van der Waals surface area contributed by atoms with Crippen molar-refractivity contribution in [1.29, 1.82) is 0 Å². The predicted molar refractivity (Wildman–Crippen MR) is 132 cm³/mol. The van der Waals surface area contributed by atoms with Gasteiger partial charge in [0.15, 0.2) is 6.29 Å². The lowest BCUT2D eigenvalue weighted by atomic mass is 9.88. The first-order valence-corrected chi connectivity index (χ1v) is 13.1. The van der Waals surface area contributed by atoms with Crippen molar-refractivity contribution in [3.8, 4) is 0 Å². The second-order valence-corrected chi connectivity index (χ2v) is 10.2. The minimum absolute atomic E-state index is 0.916. The summed E-state index contributed by atoms with van der Waals surface area (Å²) < 4.78 is 26.7. The molecule has 0 amide bonds. The van der Waals surface area contributed by atoms with Crippen LogP contribution in [0.5, 0.6) is 0 Å². The van der Waals surface area contributed by atoms with Crippen LogP contribution in [-0.4, -0.2) is 191 Å². The van der Waals surface area contributed by atoms with Crippen LogP contribution < -0.4 is 5.73 Å². The minimum Gasteiger partial charge on any atom is -0.477 e. The molecular weight excluding hydrogens is 594 g/mol. The Kier molecular flexibility index (Phi) is 14.0. The highest BCUT2D eigenvalue weighted by Crippen LogP contribution is 2.38. The van der Waals surface area contributed by atoms with Gasteiger partial charge in [-0.2, -0.15) is 0 Å². The normalized spacial score (nSPS) is 37.5. The number of ether oxygens (including phenoxy) is 5. The highest BCUT2D eigenvalue weighted by atomic mass is 16.8. The number of aliphatic hydroxyl groups excluding tert-OH is 11. The van der Waals surface area contributed by atoms with E-state index in [4.69, 9.17) is 34.5 Å². The van der Waals surface area contributed by atoms with Gasteiger partial charge in [0.1, 0.15) is 73.2 Å². The van der Waals surface area contributed by atoms with Gasteiger partial charge >= 0.3 is 11.9 Å². The van der Waals surface area contributed by atoms with Crippen LogP contribution in [0.4, 0.5) is 0 Å². The maximum absolute atomic E-state index is 12.6. The number of carbonyl (C=O) groups excluding carboxylic acids is 1. The topological polar surface area (TPSA) is 349 Å². The van der Waals surface area contributed by atoms with Crippen LogP contribution in [0.25, 0.3) is 0 Å². The van der Waals surface area contributed by atoms with Crippen molar-refractivity contribution in [3.05, 3.63) is 0 Å². The Hall–Kier alpha value is -1.70. The monoisotopic (exact) mass is 635 g/mol. The number of aliphatic hydroxyl groups is 11. The highest BCUT2D eigenvalue weighted by Gasteiger charge is 2.60.